The van der Waals surface area contributed by atoms with Crippen molar-refractivity contribution in [3.05, 3.63) is 0 Å². The topological polar surface area (TPSA) is 0 Å². The van der Waals surface area contributed by atoms with Crippen molar-refractivity contribution in [2.24, 2.45) is 11.3 Å². The molecule has 0 aromatic rings. The van der Waals surface area contributed by atoms with Crippen LogP contribution < -0.4 is 0 Å². The monoisotopic (exact) mass is 170 g/mol. The maximum atomic E-state index is 2.41. The van der Waals surface area contributed by atoms with Crippen molar-refractivity contribution >= 4 is 0 Å². The SMILES string of the molecule is CC1CC[N+](C)(C)CC(C)(C)C1. The Hall–Kier alpha value is -0.0400. The lowest BCUT2D eigenvalue weighted by molar-refractivity contribution is -0.895. The minimum absolute atomic E-state index is 0.541. The third kappa shape index (κ3) is 2.78. The molecule has 1 heteroatoms. The summed E-state index contributed by atoms with van der Waals surface area (Å²) >= 11 is 0. The lowest BCUT2D eigenvalue weighted by Gasteiger charge is -2.34. The Morgan fingerprint density at radius 2 is 1.83 bits per heavy atom. The van der Waals surface area contributed by atoms with Crippen molar-refractivity contribution in [1.29, 1.82) is 0 Å². The van der Waals surface area contributed by atoms with Gasteiger partial charge < -0.3 is 4.48 Å². The van der Waals surface area contributed by atoms with Crippen LogP contribution in [0.5, 0.6) is 0 Å². The van der Waals surface area contributed by atoms with E-state index in [1.807, 2.05) is 0 Å². The summed E-state index contributed by atoms with van der Waals surface area (Å²) in [6.07, 6.45) is 2.80. The van der Waals surface area contributed by atoms with Crippen molar-refractivity contribution in [3.63, 3.8) is 0 Å². The van der Waals surface area contributed by atoms with Crippen molar-refractivity contribution in [3.8, 4) is 0 Å². The number of rotatable bonds is 0. The van der Waals surface area contributed by atoms with Gasteiger partial charge in [0.1, 0.15) is 0 Å². The number of likely N-dealkylation sites (tertiary alicyclic amines) is 1. The van der Waals surface area contributed by atoms with E-state index >= 15 is 0 Å². The molecule has 0 bridgehead atoms. The van der Waals surface area contributed by atoms with E-state index in [4.69, 9.17) is 0 Å². The molecule has 1 atom stereocenters. The van der Waals surface area contributed by atoms with Gasteiger partial charge in [0.05, 0.1) is 27.2 Å². The number of hydrogen-bond donors (Lipinski definition) is 0. The second kappa shape index (κ2) is 3.02. The summed E-state index contributed by atoms with van der Waals surface area (Å²) < 4.78 is 1.21. The van der Waals surface area contributed by atoms with Crippen LogP contribution in [0.1, 0.15) is 33.6 Å². The van der Waals surface area contributed by atoms with Crippen LogP contribution in [0.2, 0.25) is 0 Å². The summed E-state index contributed by atoms with van der Waals surface area (Å²) in [7, 11) is 4.72. The fourth-order valence-electron chi connectivity index (χ4n) is 2.92. The number of quaternary nitrogens is 1. The van der Waals surface area contributed by atoms with Crippen LogP contribution in [0.15, 0.2) is 0 Å². The van der Waals surface area contributed by atoms with Crippen molar-refractivity contribution in [2.45, 2.75) is 33.6 Å². The molecular weight excluding hydrogens is 146 g/mol. The first-order chi connectivity index (χ1) is 5.31. The molecule has 0 radical (unpaired) electrons. The third-order valence-corrected chi connectivity index (χ3v) is 2.98. The van der Waals surface area contributed by atoms with Crippen LogP contribution >= 0.6 is 0 Å². The molecule has 0 N–H and O–H groups in total. The lowest BCUT2D eigenvalue weighted by atomic mass is 9.83. The number of hydrogen-bond acceptors (Lipinski definition) is 0. The van der Waals surface area contributed by atoms with Gasteiger partial charge in [0.25, 0.3) is 0 Å². The summed E-state index contributed by atoms with van der Waals surface area (Å²) in [5.41, 5.74) is 0.541. The van der Waals surface area contributed by atoms with E-state index in [9.17, 15) is 0 Å². The van der Waals surface area contributed by atoms with Gasteiger partial charge in [-0.05, 0) is 18.8 Å². The highest BCUT2D eigenvalue weighted by molar-refractivity contribution is 4.74. The Balaban J connectivity index is 2.69. The highest BCUT2D eigenvalue weighted by Gasteiger charge is 2.33. The average molecular weight is 170 g/mol. The maximum absolute atomic E-state index is 2.41. The van der Waals surface area contributed by atoms with E-state index < -0.39 is 0 Å². The molecule has 0 amide bonds. The Kier molecular flexibility index (Phi) is 2.53. The first-order valence-electron chi connectivity index (χ1n) is 5.13. The predicted molar refractivity (Wildman–Crippen MR) is 54.0 cm³/mol. The van der Waals surface area contributed by atoms with Crippen LogP contribution in [0, 0.1) is 11.3 Å². The molecule has 12 heavy (non-hydrogen) atoms. The van der Waals surface area contributed by atoms with Gasteiger partial charge in [-0.2, -0.15) is 0 Å². The van der Waals surface area contributed by atoms with E-state index in [2.05, 4.69) is 34.9 Å². The average Bonchev–Trinajstić information content (AvgIpc) is 1.86. The maximum Gasteiger partial charge on any atom is 0.0834 e. The van der Waals surface area contributed by atoms with E-state index in [0.717, 1.165) is 5.92 Å². The molecule has 0 aliphatic carbocycles. The Labute approximate surface area is 77.4 Å². The molecule has 1 nitrogen and oxygen atoms in total. The minimum atomic E-state index is 0.541. The van der Waals surface area contributed by atoms with Crippen LogP contribution in [0.25, 0.3) is 0 Å². The highest BCUT2D eigenvalue weighted by atomic mass is 15.3. The van der Waals surface area contributed by atoms with E-state index in [1.54, 1.807) is 0 Å². The molecule has 1 unspecified atom stereocenters. The van der Waals surface area contributed by atoms with Crippen molar-refractivity contribution in [1.82, 2.24) is 0 Å². The van der Waals surface area contributed by atoms with E-state index in [0.29, 0.717) is 5.41 Å². The fraction of sp³-hybridized carbons (Fsp3) is 1.00. The van der Waals surface area contributed by atoms with Crippen LogP contribution in [0.4, 0.5) is 0 Å². The molecule has 1 aliphatic heterocycles. The highest BCUT2D eigenvalue weighted by Crippen LogP contribution is 2.33. The van der Waals surface area contributed by atoms with Gasteiger partial charge in [-0.25, -0.2) is 0 Å². The van der Waals surface area contributed by atoms with Gasteiger partial charge >= 0.3 is 0 Å². The van der Waals surface area contributed by atoms with Gasteiger partial charge in [-0.3, -0.25) is 0 Å². The molecule has 1 heterocycles. The molecule has 1 aliphatic rings. The van der Waals surface area contributed by atoms with Gasteiger partial charge in [0.2, 0.25) is 0 Å². The Morgan fingerprint density at radius 1 is 1.25 bits per heavy atom. The third-order valence-electron chi connectivity index (χ3n) is 2.98. The summed E-state index contributed by atoms with van der Waals surface area (Å²) in [6.45, 7) is 9.90. The zero-order valence-corrected chi connectivity index (χ0v) is 9.35. The van der Waals surface area contributed by atoms with E-state index in [-0.39, 0.29) is 0 Å². The first kappa shape index (κ1) is 10.0. The normalized spacial score (nSPS) is 34.2. The second-order valence-electron chi connectivity index (χ2n) is 6.08. The van der Waals surface area contributed by atoms with Crippen LogP contribution in [-0.2, 0) is 0 Å². The lowest BCUT2D eigenvalue weighted by Crippen LogP contribution is -2.45. The standard InChI is InChI=1S/C11H24N/c1-10-6-7-12(4,5)9-11(2,3)8-10/h10H,6-9H2,1-5H3/q+1. The van der Waals surface area contributed by atoms with E-state index in [1.165, 1.54) is 30.4 Å². The molecule has 72 valence electrons. The molecule has 0 aromatic carbocycles. The molecule has 1 saturated heterocycles. The summed E-state index contributed by atoms with van der Waals surface area (Å²) in [4.78, 5) is 0. The molecular formula is C11H24N+. The zero-order valence-electron chi connectivity index (χ0n) is 9.35. The van der Waals surface area contributed by atoms with Crippen molar-refractivity contribution in [2.75, 3.05) is 27.2 Å². The molecule has 0 spiro atoms. The predicted octanol–water partition coefficient (Wildman–Crippen LogP) is 2.52. The zero-order chi connectivity index (χ0) is 9.41. The molecule has 0 saturated carbocycles. The Morgan fingerprint density at radius 3 is 2.42 bits per heavy atom. The second-order valence-corrected chi connectivity index (χ2v) is 6.08. The van der Waals surface area contributed by atoms with Gasteiger partial charge in [-0.15, -0.1) is 0 Å². The molecule has 1 rings (SSSR count). The number of nitrogens with zero attached hydrogens (tertiary/aromatic N) is 1. The molecule has 1 fully saturated rings. The van der Waals surface area contributed by atoms with Gasteiger partial charge in [0, 0.05) is 5.41 Å². The summed E-state index contributed by atoms with van der Waals surface area (Å²) in [5.74, 6) is 0.917. The summed E-state index contributed by atoms with van der Waals surface area (Å²) in [6, 6.07) is 0. The smallest absolute Gasteiger partial charge is 0.0834 e. The fourth-order valence-corrected chi connectivity index (χ4v) is 2.92. The van der Waals surface area contributed by atoms with Crippen LogP contribution in [0.3, 0.4) is 0 Å². The Bertz CT molecular complexity index is 158. The largest absolute Gasteiger partial charge is 0.328 e. The first-order valence-corrected chi connectivity index (χ1v) is 5.13. The van der Waals surface area contributed by atoms with Gasteiger partial charge in [-0.1, -0.05) is 20.8 Å². The van der Waals surface area contributed by atoms with Crippen LogP contribution in [-0.4, -0.2) is 31.7 Å². The summed E-state index contributed by atoms with van der Waals surface area (Å²) in [5, 5.41) is 0. The minimum Gasteiger partial charge on any atom is -0.328 e. The molecule has 0 aromatic heterocycles. The quantitative estimate of drug-likeness (QED) is 0.490. The van der Waals surface area contributed by atoms with Crippen molar-refractivity contribution < 1.29 is 4.48 Å². The van der Waals surface area contributed by atoms with Gasteiger partial charge in [0.15, 0.2) is 0 Å².